The number of hydrogen-bond acceptors (Lipinski definition) is 4. The van der Waals surface area contributed by atoms with Crippen molar-refractivity contribution in [3.05, 3.63) is 41.8 Å². The van der Waals surface area contributed by atoms with Gasteiger partial charge < -0.3 is 14.2 Å². The third-order valence-electron chi connectivity index (χ3n) is 4.42. The maximum absolute atomic E-state index is 6.17. The molecule has 144 valence electrons. The molecule has 5 nitrogen and oxygen atoms in total. The molecular formula is C20H27ClN4OSi. The normalized spacial score (nSPS) is 11.9. The van der Waals surface area contributed by atoms with Gasteiger partial charge >= 0.3 is 0 Å². The SMILES string of the molecule is CN(C)c1ncccc1-c1cn(COCC[Si](C)(C)C)c2nc(Cl)ccc12. The van der Waals surface area contributed by atoms with Crippen LogP contribution < -0.4 is 4.90 Å². The number of anilines is 1. The summed E-state index contributed by atoms with van der Waals surface area (Å²) in [6.07, 6.45) is 3.90. The zero-order valence-electron chi connectivity index (χ0n) is 16.7. The quantitative estimate of drug-likeness (QED) is 0.312. The first-order valence-electron chi connectivity index (χ1n) is 9.12. The zero-order valence-corrected chi connectivity index (χ0v) is 18.4. The van der Waals surface area contributed by atoms with E-state index in [1.165, 1.54) is 0 Å². The summed E-state index contributed by atoms with van der Waals surface area (Å²) in [4.78, 5) is 11.1. The van der Waals surface area contributed by atoms with Gasteiger partial charge in [0.2, 0.25) is 0 Å². The van der Waals surface area contributed by atoms with Crippen molar-refractivity contribution in [2.45, 2.75) is 32.4 Å². The van der Waals surface area contributed by atoms with E-state index in [4.69, 9.17) is 16.3 Å². The summed E-state index contributed by atoms with van der Waals surface area (Å²) in [6, 6.07) is 9.03. The van der Waals surface area contributed by atoms with Crippen LogP contribution in [0, 0.1) is 0 Å². The van der Waals surface area contributed by atoms with Crippen LogP contribution in [0.3, 0.4) is 0 Å². The Morgan fingerprint density at radius 2 is 1.93 bits per heavy atom. The maximum Gasteiger partial charge on any atom is 0.144 e. The Kier molecular flexibility index (Phi) is 5.88. The predicted octanol–water partition coefficient (Wildman–Crippen LogP) is 5.13. The van der Waals surface area contributed by atoms with Gasteiger partial charge in [0.1, 0.15) is 23.3 Å². The largest absolute Gasteiger partial charge is 0.362 e. The van der Waals surface area contributed by atoms with Crippen molar-refractivity contribution in [1.82, 2.24) is 14.5 Å². The molecule has 3 rings (SSSR count). The van der Waals surface area contributed by atoms with E-state index in [1.54, 1.807) is 0 Å². The summed E-state index contributed by atoms with van der Waals surface area (Å²) >= 11 is 6.17. The van der Waals surface area contributed by atoms with Crippen molar-refractivity contribution >= 4 is 36.5 Å². The van der Waals surface area contributed by atoms with Crippen LogP contribution in [0.15, 0.2) is 36.7 Å². The summed E-state index contributed by atoms with van der Waals surface area (Å²) in [6.45, 7) is 8.29. The Morgan fingerprint density at radius 1 is 1.15 bits per heavy atom. The minimum Gasteiger partial charge on any atom is -0.362 e. The number of ether oxygens (including phenoxy) is 1. The minimum absolute atomic E-state index is 0.464. The summed E-state index contributed by atoms with van der Waals surface area (Å²) in [5.74, 6) is 0.922. The number of halogens is 1. The van der Waals surface area contributed by atoms with Gasteiger partial charge in [0.25, 0.3) is 0 Å². The topological polar surface area (TPSA) is 43.2 Å². The highest BCUT2D eigenvalue weighted by atomic mass is 35.5. The van der Waals surface area contributed by atoms with Crippen LogP contribution in [0.4, 0.5) is 5.82 Å². The van der Waals surface area contributed by atoms with Crippen molar-refractivity contribution in [2.75, 3.05) is 25.6 Å². The fraction of sp³-hybridized carbons (Fsp3) is 0.400. The number of rotatable bonds is 7. The van der Waals surface area contributed by atoms with Gasteiger partial charge in [0.05, 0.1) is 0 Å². The molecule has 0 aliphatic carbocycles. The molecule has 0 fully saturated rings. The molecule has 27 heavy (non-hydrogen) atoms. The van der Waals surface area contributed by atoms with E-state index in [2.05, 4.69) is 41.9 Å². The van der Waals surface area contributed by atoms with E-state index in [9.17, 15) is 0 Å². The Labute approximate surface area is 167 Å². The maximum atomic E-state index is 6.17. The summed E-state index contributed by atoms with van der Waals surface area (Å²) in [5, 5.41) is 1.53. The first-order chi connectivity index (χ1) is 12.8. The van der Waals surface area contributed by atoms with Gasteiger partial charge in [-0.2, -0.15) is 0 Å². The monoisotopic (exact) mass is 402 g/mol. The van der Waals surface area contributed by atoms with Crippen molar-refractivity contribution in [1.29, 1.82) is 0 Å². The van der Waals surface area contributed by atoms with Crippen LogP contribution in [-0.4, -0.2) is 43.3 Å². The van der Waals surface area contributed by atoms with Crippen molar-refractivity contribution < 1.29 is 4.74 Å². The predicted molar refractivity (Wildman–Crippen MR) is 116 cm³/mol. The Balaban J connectivity index is 1.98. The van der Waals surface area contributed by atoms with Gasteiger partial charge in [-0.1, -0.05) is 31.2 Å². The average Bonchev–Trinajstić information content (AvgIpc) is 2.95. The third kappa shape index (κ3) is 4.69. The fourth-order valence-corrected chi connectivity index (χ4v) is 3.86. The highest BCUT2D eigenvalue weighted by molar-refractivity contribution is 6.76. The van der Waals surface area contributed by atoms with E-state index in [0.717, 1.165) is 40.6 Å². The summed E-state index contributed by atoms with van der Waals surface area (Å²) in [5.41, 5.74) is 2.98. The van der Waals surface area contributed by atoms with Gasteiger partial charge in [0, 0.05) is 57.7 Å². The molecule has 0 aliphatic heterocycles. The van der Waals surface area contributed by atoms with Gasteiger partial charge in [0.15, 0.2) is 0 Å². The van der Waals surface area contributed by atoms with Gasteiger partial charge in [-0.15, -0.1) is 0 Å². The molecule has 0 aromatic carbocycles. The van der Waals surface area contributed by atoms with Crippen LogP contribution in [-0.2, 0) is 11.5 Å². The minimum atomic E-state index is -1.11. The Morgan fingerprint density at radius 3 is 2.63 bits per heavy atom. The smallest absolute Gasteiger partial charge is 0.144 e. The number of hydrogen-bond donors (Lipinski definition) is 0. The van der Waals surface area contributed by atoms with Crippen LogP contribution in [0.1, 0.15) is 0 Å². The average molecular weight is 403 g/mol. The van der Waals surface area contributed by atoms with E-state index in [1.807, 2.05) is 48.0 Å². The van der Waals surface area contributed by atoms with Crippen LogP contribution in [0.5, 0.6) is 0 Å². The molecule has 7 heteroatoms. The Bertz CT molecular complexity index is 933. The third-order valence-corrected chi connectivity index (χ3v) is 6.33. The Hall–Kier alpha value is -1.89. The number of pyridine rings is 2. The molecule has 0 spiro atoms. The zero-order chi connectivity index (χ0) is 19.6. The summed E-state index contributed by atoms with van der Waals surface area (Å²) in [7, 11) is 2.89. The fourth-order valence-electron chi connectivity index (χ4n) is 2.96. The van der Waals surface area contributed by atoms with E-state index >= 15 is 0 Å². The second-order valence-electron chi connectivity index (χ2n) is 8.13. The molecule has 0 atom stereocenters. The number of fused-ring (bicyclic) bond motifs is 1. The van der Waals surface area contributed by atoms with Crippen molar-refractivity contribution in [2.24, 2.45) is 0 Å². The van der Waals surface area contributed by atoms with Crippen LogP contribution in [0.2, 0.25) is 30.8 Å². The lowest BCUT2D eigenvalue weighted by Gasteiger charge is -2.16. The first-order valence-corrected chi connectivity index (χ1v) is 13.2. The van der Waals surface area contributed by atoms with Crippen LogP contribution in [0.25, 0.3) is 22.2 Å². The lowest BCUT2D eigenvalue weighted by atomic mass is 10.1. The molecule has 3 aromatic rings. The summed E-state index contributed by atoms with van der Waals surface area (Å²) < 4.78 is 7.99. The molecule has 0 bridgehead atoms. The molecule has 3 aromatic heterocycles. The molecule has 0 amide bonds. The molecule has 0 radical (unpaired) electrons. The second-order valence-corrected chi connectivity index (χ2v) is 14.1. The lowest BCUT2D eigenvalue weighted by Crippen LogP contribution is -2.22. The first kappa shape index (κ1) is 19.9. The van der Waals surface area contributed by atoms with Crippen molar-refractivity contribution in [3.63, 3.8) is 0 Å². The van der Waals surface area contributed by atoms with Crippen molar-refractivity contribution in [3.8, 4) is 11.1 Å². The molecule has 0 saturated heterocycles. The molecule has 3 heterocycles. The molecule has 0 N–H and O–H groups in total. The van der Waals surface area contributed by atoms with Gasteiger partial charge in [-0.05, 0) is 30.3 Å². The van der Waals surface area contributed by atoms with E-state index in [0.29, 0.717) is 11.9 Å². The van der Waals surface area contributed by atoms with E-state index in [-0.39, 0.29) is 0 Å². The van der Waals surface area contributed by atoms with Gasteiger partial charge in [-0.3, -0.25) is 0 Å². The lowest BCUT2D eigenvalue weighted by molar-refractivity contribution is 0.0899. The molecular weight excluding hydrogens is 376 g/mol. The second kappa shape index (κ2) is 8.00. The molecule has 0 aliphatic rings. The van der Waals surface area contributed by atoms with Crippen LogP contribution >= 0.6 is 11.6 Å². The highest BCUT2D eigenvalue weighted by Gasteiger charge is 2.17. The molecule has 0 saturated carbocycles. The highest BCUT2D eigenvalue weighted by Crippen LogP contribution is 2.35. The molecule has 0 unspecified atom stereocenters. The number of aromatic nitrogens is 3. The standard InChI is InChI=1S/C20H27ClN4OSi/c1-24(2)19-15(7-6-10-22-19)17-13-25(14-26-11-12-27(3,4)5)20-16(17)8-9-18(21)23-20/h6-10,13H,11-12,14H2,1-5H3. The number of nitrogens with zero attached hydrogens (tertiary/aromatic N) is 4. The van der Waals surface area contributed by atoms with Gasteiger partial charge in [-0.25, -0.2) is 9.97 Å². The van der Waals surface area contributed by atoms with E-state index < -0.39 is 8.07 Å².